The maximum absolute atomic E-state index is 8.93. The van der Waals surface area contributed by atoms with E-state index in [0.29, 0.717) is 6.61 Å². The Labute approximate surface area is 123 Å². The predicted octanol–water partition coefficient (Wildman–Crippen LogP) is 3.40. The lowest BCUT2D eigenvalue weighted by molar-refractivity contribution is 0.305. The number of oxime groups is 1. The number of benzene rings is 2. The third-order valence-corrected chi connectivity index (χ3v) is 3.68. The fourth-order valence-electron chi connectivity index (χ4n) is 2.57. The molecule has 0 unspecified atom stereocenters. The molecule has 4 heteroatoms. The maximum Gasteiger partial charge on any atom is 0.120 e. The van der Waals surface area contributed by atoms with Gasteiger partial charge in [-0.05, 0) is 54.3 Å². The highest BCUT2D eigenvalue weighted by Crippen LogP contribution is 2.27. The van der Waals surface area contributed by atoms with Crippen molar-refractivity contribution < 1.29 is 14.7 Å². The molecule has 108 valence electrons. The van der Waals surface area contributed by atoms with Crippen LogP contribution in [0.4, 0.5) is 0 Å². The number of hydrogen-bond donors (Lipinski definition) is 1. The minimum Gasteiger partial charge on any atom is -0.497 e. The number of rotatable bonds is 4. The van der Waals surface area contributed by atoms with Gasteiger partial charge < -0.3 is 14.7 Å². The Hall–Kier alpha value is -2.49. The average molecular weight is 283 g/mol. The van der Waals surface area contributed by atoms with Crippen LogP contribution >= 0.6 is 0 Å². The van der Waals surface area contributed by atoms with Crippen LogP contribution in [0.1, 0.15) is 23.1 Å². The molecule has 4 nitrogen and oxygen atoms in total. The van der Waals surface area contributed by atoms with Crippen molar-refractivity contribution in [3.8, 4) is 11.5 Å². The summed E-state index contributed by atoms with van der Waals surface area (Å²) in [5.41, 5.74) is 4.01. The summed E-state index contributed by atoms with van der Waals surface area (Å²) in [7, 11) is 1.65. The lowest BCUT2D eigenvalue weighted by Crippen LogP contribution is -1.98. The van der Waals surface area contributed by atoms with Gasteiger partial charge in [0.1, 0.15) is 18.1 Å². The molecular weight excluding hydrogens is 266 g/mol. The van der Waals surface area contributed by atoms with E-state index in [0.717, 1.165) is 41.2 Å². The summed E-state index contributed by atoms with van der Waals surface area (Å²) >= 11 is 0. The average Bonchev–Trinajstić information content (AvgIpc) is 2.95. The molecule has 0 amide bonds. The molecule has 2 aromatic rings. The van der Waals surface area contributed by atoms with E-state index >= 15 is 0 Å². The van der Waals surface area contributed by atoms with Crippen molar-refractivity contribution >= 4 is 5.71 Å². The summed E-state index contributed by atoms with van der Waals surface area (Å²) in [6.45, 7) is 0.497. The molecule has 0 atom stereocenters. The first-order chi connectivity index (χ1) is 10.3. The quantitative estimate of drug-likeness (QED) is 0.691. The van der Waals surface area contributed by atoms with Gasteiger partial charge in [-0.2, -0.15) is 0 Å². The highest BCUT2D eigenvalue weighted by atomic mass is 16.5. The highest BCUT2D eigenvalue weighted by Gasteiger charge is 2.18. The highest BCUT2D eigenvalue weighted by molar-refractivity contribution is 6.04. The number of fused-ring (bicyclic) bond motifs is 1. The van der Waals surface area contributed by atoms with Crippen molar-refractivity contribution in [1.29, 1.82) is 0 Å². The summed E-state index contributed by atoms with van der Waals surface area (Å²) in [5.74, 6) is 1.66. The molecule has 3 rings (SSSR count). The van der Waals surface area contributed by atoms with E-state index in [-0.39, 0.29) is 0 Å². The predicted molar refractivity (Wildman–Crippen MR) is 80.4 cm³/mol. The molecule has 0 aromatic heterocycles. The van der Waals surface area contributed by atoms with Crippen molar-refractivity contribution in [2.45, 2.75) is 19.4 Å². The molecule has 0 fully saturated rings. The van der Waals surface area contributed by atoms with E-state index in [4.69, 9.17) is 14.7 Å². The molecule has 0 heterocycles. The molecule has 0 saturated carbocycles. The van der Waals surface area contributed by atoms with Crippen molar-refractivity contribution in [1.82, 2.24) is 0 Å². The SMILES string of the molecule is COc1cccc(COc2ccc3c(c2)CC/C3=N\O)c1. The van der Waals surface area contributed by atoms with Crippen LogP contribution in [0.25, 0.3) is 0 Å². The Balaban J connectivity index is 1.71. The Morgan fingerprint density at radius 3 is 2.81 bits per heavy atom. The molecule has 0 aliphatic heterocycles. The topological polar surface area (TPSA) is 51.0 Å². The van der Waals surface area contributed by atoms with Crippen molar-refractivity contribution in [2.24, 2.45) is 5.16 Å². The first kappa shape index (κ1) is 13.5. The smallest absolute Gasteiger partial charge is 0.120 e. The van der Waals surface area contributed by atoms with Crippen LogP contribution in [-0.4, -0.2) is 18.0 Å². The summed E-state index contributed by atoms with van der Waals surface area (Å²) in [5, 5.41) is 12.3. The lowest BCUT2D eigenvalue weighted by Gasteiger charge is -2.09. The van der Waals surface area contributed by atoms with Crippen LogP contribution in [0.3, 0.4) is 0 Å². The Kier molecular flexibility index (Phi) is 3.77. The number of ether oxygens (including phenoxy) is 2. The van der Waals surface area contributed by atoms with Crippen LogP contribution in [0, 0.1) is 0 Å². The molecule has 0 spiro atoms. The van der Waals surface area contributed by atoms with Crippen molar-refractivity contribution in [3.63, 3.8) is 0 Å². The minimum absolute atomic E-state index is 0.497. The van der Waals surface area contributed by atoms with E-state index < -0.39 is 0 Å². The van der Waals surface area contributed by atoms with Gasteiger partial charge in [-0.1, -0.05) is 17.3 Å². The van der Waals surface area contributed by atoms with E-state index in [2.05, 4.69) is 5.16 Å². The van der Waals surface area contributed by atoms with Crippen LogP contribution in [0.5, 0.6) is 11.5 Å². The number of methoxy groups -OCH3 is 1. The molecule has 0 radical (unpaired) electrons. The van der Waals surface area contributed by atoms with Crippen LogP contribution in [0.2, 0.25) is 0 Å². The van der Waals surface area contributed by atoms with E-state index in [1.54, 1.807) is 7.11 Å². The van der Waals surface area contributed by atoms with Gasteiger partial charge in [0.15, 0.2) is 0 Å². The zero-order valence-electron chi connectivity index (χ0n) is 11.9. The summed E-state index contributed by atoms with van der Waals surface area (Å²) < 4.78 is 11.0. The second-order valence-electron chi connectivity index (χ2n) is 5.01. The number of hydrogen-bond acceptors (Lipinski definition) is 4. The van der Waals surface area contributed by atoms with E-state index in [1.807, 2.05) is 42.5 Å². The molecule has 1 N–H and O–H groups in total. The molecule has 0 saturated heterocycles. The van der Waals surface area contributed by atoms with Gasteiger partial charge in [0.05, 0.1) is 12.8 Å². The summed E-state index contributed by atoms with van der Waals surface area (Å²) in [6, 6.07) is 13.7. The Morgan fingerprint density at radius 2 is 2.00 bits per heavy atom. The summed E-state index contributed by atoms with van der Waals surface area (Å²) in [6.07, 6.45) is 1.68. The second-order valence-corrected chi connectivity index (χ2v) is 5.01. The fraction of sp³-hybridized carbons (Fsp3) is 0.235. The number of aryl methyl sites for hydroxylation is 1. The third kappa shape index (κ3) is 2.84. The second kappa shape index (κ2) is 5.87. The first-order valence-electron chi connectivity index (χ1n) is 6.90. The standard InChI is InChI=1S/C17H17NO3/c1-20-14-4-2-3-12(9-14)11-21-15-6-7-16-13(10-15)5-8-17(16)18-19/h2-4,6-7,9-10,19H,5,8,11H2,1H3/b18-17+. The van der Waals surface area contributed by atoms with E-state index in [9.17, 15) is 0 Å². The summed E-state index contributed by atoms with van der Waals surface area (Å²) in [4.78, 5) is 0. The Morgan fingerprint density at radius 1 is 1.10 bits per heavy atom. The normalized spacial score (nSPS) is 15.0. The van der Waals surface area contributed by atoms with Gasteiger partial charge in [0.2, 0.25) is 0 Å². The molecule has 2 aromatic carbocycles. The molecule has 1 aliphatic carbocycles. The zero-order valence-corrected chi connectivity index (χ0v) is 11.9. The van der Waals surface area contributed by atoms with Crippen molar-refractivity contribution in [2.75, 3.05) is 7.11 Å². The first-order valence-corrected chi connectivity index (χ1v) is 6.90. The molecule has 0 bridgehead atoms. The van der Waals surface area contributed by atoms with Gasteiger partial charge in [-0.25, -0.2) is 0 Å². The zero-order chi connectivity index (χ0) is 14.7. The van der Waals surface area contributed by atoms with Crippen LogP contribution < -0.4 is 9.47 Å². The Bertz CT molecular complexity index is 679. The largest absolute Gasteiger partial charge is 0.497 e. The third-order valence-electron chi connectivity index (χ3n) is 3.68. The monoisotopic (exact) mass is 283 g/mol. The lowest BCUT2D eigenvalue weighted by atomic mass is 10.1. The fourth-order valence-corrected chi connectivity index (χ4v) is 2.57. The van der Waals surface area contributed by atoms with Crippen LogP contribution in [-0.2, 0) is 13.0 Å². The van der Waals surface area contributed by atoms with Gasteiger partial charge in [-0.3, -0.25) is 0 Å². The van der Waals surface area contributed by atoms with Gasteiger partial charge in [-0.15, -0.1) is 0 Å². The number of nitrogens with zero attached hydrogens (tertiary/aromatic N) is 1. The van der Waals surface area contributed by atoms with Crippen molar-refractivity contribution in [3.05, 3.63) is 59.2 Å². The minimum atomic E-state index is 0.497. The van der Waals surface area contributed by atoms with Gasteiger partial charge in [0, 0.05) is 5.56 Å². The maximum atomic E-state index is 8.93. The molecule has 1 aliphatic rings. The van der Waals surface area contributed by atoms with Gasteiger partial charge in [0.25, 0.3) is 0 Å². The van der Waals surface area contributed by atoms with Crippen LogP contribution in [0.15, 0.2) is 47.6 Å². The molecular formula is C17H17NO3. The van der Waals surface area contributed by atoms with E-state index in [1.165, 1.54) is 5.56 Å². The molecule has 21 heavy (non-hydrogen) atoms. The van der Waals surface area contributed by atoms with Gasteiger partial charge >= 0.3 is 0 Å².